The van der Waals surface area contributed by atoms with Gasteiger partial charge in [-0.2, -0.15) is 0 Å². The summed E-state index contributed by atoms with van der Waals surface area (Å²) in [5, 5.41) is 19.2. The molecule has 16 heavy (non-hydrogen) atoms. The molecule has 1 atom stereocenters. The average molecular weight is 244 g/mol. The smallest absolute Gasteiger partial charge is 0.323 e. The summed E-state index contributed by atoms with van der Waals surface area (Å²) in [6.07, 6.45) is 0.511. The molecule has 3 N–H and O–H groups in total. The summed E-state index contributed by atoms with van der Waals surface area (Å²) in [7, 11) is 1.65. The molecule has 0 aliphatic carbocycles. The van der Waals surface area contributed by atoms with Gasteiger partial charge in [-0.25, -0.2) is 4.98 Å². The molecule has 1 unspecified atom stereocenters. The molecular formula is C9H16N4O2S. The van der Waals surface area contributed by atoms with Gasteiger partial charge in [0.05, 0.1) is 0 Å². The van der Waals surface area contributed by atoms with Gasteiger partial charge < -0.3 is 10.4 Å². The summed E-state index contributed by atoms with van der Waals surface area (Å²) < 4.78 is 0. The molecule has 0 bridgehead atoms. The number of aryl methyl sites for hydroxylation is 1. The molecule has 1 aromatic heterocycles. The van der Waals surface area contributed by atoms with Crippen LogP contribution in [0.1, 0.15) is 19.2 Å². The normalized spacial score (nSPS) is 14.7. The van der Waals surface area contributed by atoms with E-state index in [1.165, 1.54) is 11.8 Å². The van der Waals surface area contributed by atoms with E-state index in [1.807, 2.05) is 6.92 Å². The predicted molar refractivity (Wildman–Crippen MR) is 61.6 cm³/mol. The molecule has 0 aliphatic heterocycles. The molecule has 0 aromatic carbocycles. The Bertz CT molecular complexity index is 368. The van der Waals surface area contributed by atoms with E-state index in [9.17, 15) is 4.79 Å². The number of nitrogens with one attached hydrogen (secondary N) is 2. The molecule has 0 radical (unpaired) electrons. The van der Waals surface area contributed by atoms with Crippen molar-refractivity contribution in [2.24, 2.45) is 0 Å². The number of thioether (sulfide) groups is 1. The second-order valence-electron chi connectivity index (χ2n) is 3.69. The molecule has 90 valence electrons. The van der Waals surface area contributed by atoms with Gasteiger partial charge in [-0.1, -0.05) is 11.8 Å². The molecule has 0 amide bonds. The third kappa shape index (κ3) is 3.21. The summed E-state index contributed by atoms with van der Waals surface area (Å²) in [5.74, 6) is 0.569. The van der Waals surface area contributed by atoms with Gasteiger partial charge in [-0.15, -0.1) is 5.10 Å². The molecule has 0 saturated carbocycles. The Labute approximate surface area is 98.2 Å². The van der Waals surface area contributed by atoms with Crippen molar-refractivity contribution in [3.05, 3.63) is 5.82 Å². The summed E-state index contributed by atoms with van der Waals surface area (Å²) >= 11 is 1.44. The maximum absolute atomic E-state index is 11.0. The SMILES string of the molecule is CNC(C)(CCSc1n[nH]c(C)n1)C(=O)O. The highest BCUT2D eigenvalue weighted by molar-refractivity contribution is 7.99. The van der Waals surface area contributed by atoms with Gasteiger partial charge in [0, 0.05) is 5.75 Å². The maximum atomic E-state index is 11.0. The van der Waals surface area contributed by atoms with Crippen LogP contribution < -0.4 is 5.32 Å². The Morgan fingerprint density at radius 3 is 2.81 bits per heavy atom. The van der Waals surface area contributed by atoms with Crippen LogP contribution >= 0.6 is 11.8 Å². The first-order chi connectivity index (χ1) is 7.48. The molecular weight excluding hydrogens is 228 g/mol. The fourth-order valence-electron chi connectivity index (χ4n) is 1.07. The highest BCUT2D eigenvalue weighted by Gasteiger charge is 2.30. The van der Waals surface area contributed by atoms with Crippen LogP contribution in [-0.2, 0) is 4.79 Å². The average Bonchev–Trinajstić information content (AvgIpc) is 2.63. The Morgan fingerprint density at radius 2 is 2.38 bits per heavy atom. The van der Waals surface area contributed by atoms with E-state index in [1.54, 1.807) is 14.0 Å². The summed E-state index contributed by atoms with van der Waals surface area (Å²) in [5.41, 5.74) is -0.891. The van der Waals surface area contributed by atoms with Crippen molar-refractivity contribution in [3.63, 3.8) is 0 Å². The monoisotopic (exact) mass is 244 g/mol. The van der Waals surface area contributed by atoms with Gasteiger partial charge in [0.15, 0.2) is 0 Å². The molecule has 0 spiro atoms. The highest BCUT2D eigenvalue weighted by Crippen LogP contribution is 2.18. The van der Waals surface area contributed by atoms with Crippen molar-refractivity contribution in [2.45, 2.75) is 31.0 Å². The van der Waals surface area contributed by atoms with Crippen LogP contribution in [0.5, 0.6) is 0 Å². The summed E-state index contributed by atoms with van der Waals surface area (Å²) in [6, 6.07) is 0. The number of aromatic nitrogens is 3. The fourth-order valence-corrected chi connectivity index (χ4v) is 2.08. The number of aromatic amines is 1. The number of hydrogen-bond acceptors (Lipinski definition) is 5. The van der Waals surface area contributed by atoms with Crippen LogP contribution in [0.4, 0.5) is 0 Å². The minimum Gasteiger partial charge on any atom is -0.480 e. The van der Waals surface area contributed by atoms with E-state index >= 15 is 0 Å². The van der Waals surface area contributed by atoms with Crippen molar-refractivity contribution >= 4 is 17.7 Å². The van der Waals surface area contributed by atoms with Crippen molar-refractivity contribution < 1.29 is 9.90 Å². The number of nitrogens with zero attached hydrogens (tertiary/aromatic N) is 2. The lowest BCUT2D eigenvalue weighted by Crippen LogP contribution is -2.47. The quantitative estimate of drug-likeness (QED) is 0.637. The molecule has 6 nitrogen and oxygen atoms in total. The first-order valence-corrected chi connectivity index (χ1v) is 5.90. The zero-order valence-electron chi connectivity index (χ0n) is 9.57. The highest BCUT2D eigenvalue weighted by atomic mass is 32.2. The van der Waals surface area contributed by atoms with E-state index in [2.05, 4.69) is 20.5 Å². The van der Waals surface area contributed by atoms with Crippen LogP contribution in [0.15, 0.2) is 5.16 Å². The van der Waals surface area contributed by atoms with Gasteiger partial charge in [-0.3, -0.25) is 9.89 Å². The number of rotatable bonds is 6. The lowest BCUT2D eigenvalue weighted by molar-refractivity contribution is -0.144. The molecule has 0 saturated heterocycles. The zero-order valence-corrected chi connectivity index (χ0v) is 10.4. The van der Waals surface area contributed by atoms with Gasteiger partial charge in [0.25, 0.3) is 0 Å². The number of carboxylic acid groups (broad SMARTS) is 1. The van der Waals surface area contributed by atoms with Crippen molar-refractivity contribution in [2.75, 3.05) is 12.8 Å². The number of aliphatic carboxylic acids is 1. The number of H-pyrrole nitrogens is 1. The van der Waals surface area contributed by atoms with E-state index in [4.69, 9.17) is 5.11 Å². The van der Waals surface area contributed by atoms with E-state index < -0.39 is 11.5 Å². The predicted octanol–water partition coefficient (Wildman–Crippen LogP) is 0.658. The van der Waals surface area contributed by atoms with Gasteiger partial charge in [0.1, 0.15) is 11.4 Å². The molecule has 0 fully saturated rings. The summed E-state index contributed by atoms with van der Waals surface area (Å²) in [6.45, 7) is 3.49. The number of likely N-dealkylation sites (N-methyl/N-ethyl adjacent to an activating group) is 1. The van der Waals surface area contributed by atoms with E-state index in [0.29, 0.717) is 17.3 Å². The lowest BCUT2D eigenvalue weighted by atomic mass is 10.00. The third-order valence-electron chi connectivity index (χ3n) is 2.43. The fraction of sp³-hybridized carbons (Fsp3) is 0.667. The topological polar surface area (TPSA) is 90.9 Å². The van der Waals surface area contributed by atoms with E-state index in [0.717, 1.165) is 5.82 Å². The number of hydrogen-bond donors (Lipinski definition) is 3. The minimum atomic E-state index is -0.891. The van der Waals surface area contributed by atoms with Crippen LogP contribution in [-0.4, -0.2) is 44.6 Å². The number of carboxylic acids is 1. The Balaban J connectivity index is 2.43. The second kappa shape index (κ2) is 5.31. The van der Waals surface area contributed by atoms with Gasteiger partial charge >= 0.3 is 5.97 Å². The van der Waals surface area contributed by atoms with Crippen molar-refractivity contribution in [1.29, 1.82) is 0 Å². The zero-order chi connectivity index (χ0) is 12.2. The van der Waals surface area contributed by atoms with E-state index in [-0.39, 0.29) is 0 Å². The minimum absolute atomic E-state index is 0.511. The first-order valence-electron chi connectivity index (χ1n) is 4.92. The Kier molecular flexibility index (Phi) is 4.31. The van der Waals surface area contributed by atoms with Gasteiger partial charge in [0.2, 0.25) is 5.16 Å². The number of carbonyl (C=O) groups is 1. The van der Waals surface area contributed by atoms with Gasteiger partial charge in [-0.05, 0) is 27.3 Å². The van der Waals surface area contributed by atoms with Crippen LogP contribution in [0.2, 0.25) is 0 Å². The van der Waals surface area contributed by atoms with Crippen LogP contribution in [0.25, 0.3) is 0 Å². The lowest BCUT2D eigenvalue weighted by Gasteiger charge is -2.23. The molecule has 7 heteroatoms. The standard InChI is InChI=1S/C9H16N4O2S/c1-6-11-8(13-12-6)16-5-4-9(2,10-3)7(14)15/h10H,4-5H2,1-3H3,(H,14,15)(H,11,12,13). The molecule has 1 aromatic rings. The van der Waals surface area contributed by atoms with Crippen molar-refractivity contribution in [1.82, 2.24) is 20.5 Å². The maximum Gasteiger partial charge on any atom is 0.323 e. The molecule has 1 rings (SSSR count). The summed E-state index contributed by atoms with van der Waals surface area (Å²) in [4.78, 5) is 15.1. The molecule has 1 heterocycles. The first kappa shape index (κ1) is 13.0. The second-order valence-corrected chi connectivity index (χ2v) is 4.75. The Hall–Kier alpha value is -1.08. The molecule has 0 aliphatic rings. The Morgan fingerprint density at radius 1 is 1.69 bits per heavy atom. The van der Waals surface area contributed by atoms with Crippen LogP contribution in [0, 0.1) is 6.92 Å². The largest absolute Gasteiger partial charge is 0.480 e. The van der Waals surface area contributed by atoms with Crippen LogP contribution in [0.3, 0.4) is 0 Å². The van der Waals surface area contributed by atoms with Crippen molar-refractivity contribution in [3.8, 4) is 0 Å². The third-order valence-corrected chi connectivity index (χ3v) is 3.28.